The molecule has 0 saturated carbocycles. The topological polar surface area (TPSA) is 70.6 Å². The number of carbonyl (C=O) groups excluding carboxylic acids is 1. The van der Waals surface area contributed by atoms with Crippen LogP contribution in [0.15, 0.2) is 18.2 Å². The smallest absolute Gasteiger partial charge is 0.251 e. The molecule has 3 rings (SSSR count). The highest BCUT2D eigenvalue weighted by Crippen LogP contribution is 2.25. The van der Waals surface area contributed by atoms with Crippen LogP contribution in [-0.2, 0) is 6.42 Å². The van der Waals surface area contributed by atoms with E-state index in [1.165, 1.54) is 0 Å². The molecule has 1 saturated heterocycles. The molecule has 2 aliphatic rings. The predicted molar refractivity (Wildman–Crippen MR) is 65.8 cm³/mol. The molecular weight excluding hydrogens is 232 g/mol. The minimum absolute atomic E-state index is 0.148. The molecule has 2 heterocycles. The van der Waals surface area contributed by atoms with Crippen LogP contribution in [0.5, 0.6) is 5.75 Å². The summed E-state index contributed by atoms with van der Waals surface area (Å²) in [5, 5.41) is 15.6. The van der Waals surface area contributed by atoms with Crippen molar-refractivity contribution in [1.29, 1.82) is 0 Å². The second-order valence-electron chi connectivity index (χ2n) is 4.93. The van der Waals surface area contributed by atoms with Crippen LogP contribution in [0.2, 0.25) is 0 Å². The SMILES string of the molecule is O=C(NCC1(O)CNC1)c1ccc2c(c1)CCO2. The number of amides is 1. The van der Waals surface area contributed by atoms with E-state index in [0.29, 0.717) is 25.3 Å². The fourth-order valence-electron chi connectivity index (χ4n) is 2.21. The van der Waals surface area contributed by atoms with Crippen LogP contribution in [0, 0.1) is 0 Å². The molecule has 5 nitrogen and oxygen atoms in total. The van der Waals surface area contributed by atoms with Crippen LogP contribution in [0.1, 0.15) is 15.9 Å². The molecule has 0 unspecified atom stereocenters. The van der Waals surface area contributed by atoms with E-state index in [1.54, 1.807) is 6.07 Å². The van der Waals surface area contributed by atoms with Gasteiger partial charge in [-0.1, -0.05) is 0 Å². The third kappa shape index (κ3) is 2.07. The maximum Gasteiger partial charge on any atom is 0.251 e. The van der Waals surface area contributed by atoms with Crippen LogP contribution in [0.4, 0.5) is 0 Å². The van der Waals surface area contributed by atoms with Crippen molar-refractivity contribution in [3.63, 3.8) is 0 Å². The van der Waals surface area contributed by atoms with Crippen molar-refractivity contribution in [2.45, 2.75) is 12.0 Å². The quantitative estimate of drug-likeness (QED) is 0.686. The van der Waals surface area contributed by atoms with E-state index in [2.05, 4.69) is 10.6 Å². The van der Waals surface area contributed by atoms with Gasteiger partial charge in [-0.3, -0.25) is 4.79 Å². The third-order valence-electron chi connectivity index (χ3n) is 3.44. The number of hydrogen-bond acceptors (Lipinski definition) is 4. The lowest BCUT2D eigenvalue weighted by Crippen LogP contribution is -2.64. The van der Waals surface area contributed by atoms with Crippen LogP contribution in [-0.4, -0.2) is 42.9 Å². The Hall–Kier alpha value is -1.59. The first-order valence-corrected chi connectivity index (χ1v) is 6.13. The molecule has 1 aromatic rings. The van der Waals surface area contributed by atoms with Gasteiger partial charge in [-0.2, -0.15) is 0 Å². The summed E-state index contributed by atoms with van der Waals surface area (Å²) in [4.78, 5) is 11.9. The Kier molecular flexibility index (Phi) is 2.72. The highest BCUT2D eigenvalue weighted by Gasteiger charge is 2.34. The van der Waals surface area contributed by atoms with Gasteiger partial charge < -0.3 is 20.5 Å². The molecule has 3 N–H and O–H groups in total. The van der Waals surface area contributed by atoms with Crippen molar-refractivity contribution in [2.24, 2.45) is 0 Å². The average molecular weight is 248 g/mol. The highest BCUT2D eigenvalue weighted by molar-refractivity contribution is 5.94. The lowest BCUT2D eigenvalue weighted by molar-refractivity contribution is -0.00759. The van der Waals surface area contributed by atoms with Crippen LogP contribution in [0.3, 0.4) is 0 Å². The molecule has 2 aliphatic heterocycles. The molecule has 96 valence electrons. The molecule has 0 atom stereocenters. The van der Waals surface area contributed by atoms with Crippen molar-refractivity contribution >= 4 is 5.91 Å². The number of aliphatic hydroxyl groups is 1. The Morgan fingerprint density at radius 1 is 1.50 bits per heavy atom. The van der Waals surface area contributed by atoms with Gasteiger partial charge in [0.05, 0.1) is 6.61 Å². The van der Waals surface area contributed by atoms with E-state index >= 15 is 0 Å². The van der Waals surface area contributed by atoms with Gasteiger partial charge in [-0.25, -0.2) is 0 Å². The van der Waals surface area contributed by atoms with Gasteiger partial charge in [-0.15, -0.1) is 0 Å². The molecule has 0 spiro atoms. The van der Waals surface area contributed by atoms with Crippen molar-refractivity contribution in [2.75, 3.05) is 26.2 Å². The Morgan fingerprint density at radius 2 is 2.33 bits per heavy atom. The number of ether oxygens (including phenoxy) is 1. The molecule has 0 radical (unpaired) electrons. The first-order chi connectivity index (χ1) is 8.66. The zero-order valence-corrected chi connectivity index (χ0v) is 10.0. The summed E-state index contributed by atoms with van der Waals surface area (Å²) in [6, 6.07) is 5.44. The van der Waals surface area contributed by atoms with Gasteiger partial charge >= 0.3 is 0 Å². The minimum atomic E-state index is -0.782. The van der Waals surface area contributed by atoms with E-state index < -0.39 is 5.60 Å². The first kappa shape index (κ1) is 11.5. The van der Waals surface area contributed by atoms with Gasteiger partial charge in [-0.05, 0) is 23.8 Å². The fourth-order valence-corrected chi connectivity index (χ4v) is 2.21. The zero-order valence-electron chi connectivity index (χ0n) is 10.0. The van der Waals surface area contributed by atoms with Gasteiger partial charge in [0.1, 0.15) is 11.4 Å². The van der Waals surface area contributed by atoms with E-state index in [1.807, 2.05) is 12.1 Å². The van der Waals surface area contributed by atoms with Gasteiger partial charge in [0.25, 0.3) is 5.91 Å². The number of carbonyl (C=O) groups is 1. The average Bonchev–Trinajstić information content (AvgIpc) is 2.80. The zero-order chi connectivity index (χ0) is 12.6. The summed E-state index contributed by atoms with van der Waals surface area (Å²) in [6.07, 6.45) is 0.851. The Bertz CT molecular complexity index is 483. The lowest BCUT2D eigenvalue weighted by atomic mass is 9.97. The van der Waals surface area contributed by atoms with Gasteiger partial charge in [0.2, 0.25) is 0 Å². The molecular formula is C13H16N2O3. The standard InChI is InChI=1S/C13H16N2O3/c16-12(15-8-13(17)6-14-7-13)10-1-2-11-9(5-10)3-4-18-11/h1-2,5,14,17H,3-4,6-8H2,(H,15,16). The Morgan fingerprint density at radius 3 is 3.06 bits per heavy atom. The maximum absolute atomic E-state index is 11.9. The molecule has 5 heteroatoms. The van der Waals surface area contributed by atoms with E-state index in [-0.39, 0.29) is 12.5 Å². The summed E-state index contributed by atoms with van der Waals surface area (Å²) < 4.78 is 5.39. The van der Waals surface area contributed by atoms with Crippen LogP contribution < -0.4 is 15.4 Å². The molecule has 0 aliphatic carbocycles. The number of fused-ring (bicyclic) bond motifs is 1. The lowest BCUT2D eigenvalue weighted by Gasteiger charge is -2.37. The number of benzene rings is 1. The minimum Gasteiger partial charge on any atom is -0.493 e. The van der Waals surface area contributed by atoms with E-state index in [0.717, 1.165) is 17.7 Å². The van der Waals surface area contributed by atoms with Crippen molar-refractivity contribution in [3.05, 3.63) is 29.3 Å². The fraction of sp³-hybridized carbons (Fsp3) is 0.462. The van der Waals surface area contributed by atoms with Crippen molar-refractivity contribution < 1.29 is 14.6 Å². The Balaban J connectivity index is 1.65. The molecule has 0 bridgehead atoms. The molecule has 1 amide bonds. The summed E-state index contributed by atoms with van der Waals surface area (Å²) in [5.41, 5.74) is 0.914. The second-order valence-corrected chi connectivity index (χ2v) is 4.93. The van der Waals surface area contributed by atoms with Crippen LogP contribution >= 0.6 is 0 Å². The van der Waals surface area contributed by atoms with Crippen LogP contribution in [0.25, 0.3) is 0 Å². The Labute approximate surface area is 105 Å². The summed E-state index contributed by atoms with van der Waals surface area (Å²) >= 11 is 0. The number of nitrogens with one attached hydrogen (secondary N) is 2. The van der Waals surface area contributed by atoms with E-state index in [9.17, 15) is 9.90 Å². The largest absolute Gasteiger partial charge is 0.493 e. The predicted octanol–water partition coefficient (Wildman–Crippen LogP) is -0.314. The number of rotatable bonds is 3. The molecule has 18 heavy (non-hydrogen) atoms. The monoisotopic (exact) mass is 248 g/mol. The normalized spacial score (nSPS) is 19.6. The summed E-state index contributed by atoms with van der Waals surface area (Å²) in [6.45, 7) is 2.04. The number of β-amino-alcohol motifs (C(OH)–C–C–N with tert-alkyl or cyclic N) is 1. The number of hydrogen-bond donors (Lipinski definition) is 3. The third-order valence-corrected chi connectivity index (χ3v) is 3.44. The summed E-state index contributed by atoms with van der Waals surface area (Å²) in [5.74, 6) is 0.721. The van der Waals surface area contributed by atoms with Crippen molar-refractivity contribution in [1.82, 2.24) is 10.6 Å². The summed E-state index contributed by atoms with van der Waals surface area (Å²) in [7, 11) is 0. The van der Waals surface area contributed by atoms with E-state index in [4.69, 9.17) is 4.74 Å². The molecule has 1 fully saturated rings. The van der Waals surface area contributed by atoms with Gasteiger partial charge in [0, 0.05) is 31.6 Å². The molecule has 0 aromatic heterocycles. The van der Waals surface area contributed by atoms with Gasteiger partial charge in [0.15, 0.2) is 0 Å². The second kappa shape index (κ2) is 4.26. The maximum atomic E-state index is 11.9. The highest BCUT2D eigenvalue weighted by atomic mass is 16.5. The molecule has 1 aromatic carbocycles. The van der Waals surface area contributed by atoms with Crippen molar-refractivity contribution in [3.8, 4) is 5.75 Å². The first-order valence-electron chi connectivity index (χ1n) is 6.13.